The summed E-state index contributed by atoms with van der Waals surface area (Å²) in [6.45, 7) is 2.01. The van der Waals surface area contributed by atoms with E-state index in [1.165, 1.54) is 31.2 Å². The molecule has 2 aliphatic rings. The summed E-state index contributed by atoms with van der Waals surface area (Å²) in [6.07, 6.45) is -0.797. The van der Waals surface area contributed by atoms with Crippen molar-refractivity contribution in [3.05, 3.63) is 24.3 Å². The highest BCUT2D eigenvalue weighted by molar-refractivity contribution is 7.89. The average Bonchev–Trinajstić information content (AvgIpc) is 3.10. The van der Waals surface area contributed by atoms with Crippen LogP contribution < -0.4 is 10.0 Å². The number of rotatable bonds is 5. The van der Waals surface area contributed by atoms with Crippen LogP contribution in [0, 0.1) is 0 Å². The van der Waals surface area contributed by atoms with Crippen LogP contribution in [0.5, 0.6) is 0 Å². The Morgan fingerprint density at radius 1 is 1.17 bits per heavy atom. The fourth-order valence-electron chi connectivity index (χ4n) is 2.96. The maximum atomic E-state index is 12.5. The zero-order valence-electron chi connectivity index (χ0n) is 13.4. The highest BCUT2D eigenvalue weighted by atomic mass is 32.2. The second kappa shape index (κ2) is 6.77. The van der Waals surface area contributed by atoms with Gasteiger partial charge in [0.25, 0.3) is 0 Å². The number of carbonyl (C=O) groups is 1. The van der Waals surface area contributed by atoms with Gasteiger partial charge >= 0.3 is 0 Å². The highest BCUT2D eigenvalue weighted by Gasteiger charge is 2.49. The molecule has 0 spiro atoms. The van der Waals surface area contributed by atoms with Crippen molar-refractivity contribution in [2.45, 2.75) is 36.2 Å². The summed E-state index contributed by atoms with van der Waals surface area (Å²) in [6, 6.07) is 5.49. The van der Waals surface area contributed by atoms with Crippen molar-refractivity contribution in [3.63, 3.8) is 0 Å². The minimum atomic E-state index is -3.72. The van der Waals surface area contributed by atoms with Gasteiger partial charge in [-0.3, -0.25) is 4.79 Å². The molecule has 2 heterocycles. The largest absolute Gasteiger partial charge is 0.376 e. The molecule has 132 valence electrons. The van der Waals surface area contributed by atoms with Crippen LogP contribution in [-0.4, -0.2) is 59.0 Å². The Labute approximate surface area is 140 Å². The van der Waals surface area contributed by atoms with Gasteiger partial charge < -0.3 is 19.5 Å². The molecule has 2 aliphatic heterocycles. The summed E-state index contributed by atoms with van der Waals surface area (Å²) in [7, 11) is -2.14. The highest BCUT2D eigenvalue weighted by Crippen LogP contribution is 2.29. The second-order valence-corrected chi connectivity index (χ2v) is 7.52. The SMILES string of the molecule is CO[C@@H]1CO[C@H]2[C@@H]1OC[C@@H]2NS(=O)(=O)c1ccc(NC(C)=O)cc1. The smallest absolute Gasteiger partial charge is 0.240 e. The molecule has 4 atom stereocenters. The van der Waals surface area contributed by atoms with E-state index in [1.807, 2.05) is 0 Å². The van der Waals surface area contributed by atoms with Gasteiger partial charge in [0.05, 0.1) is 24.2 Å². The molecule has 1 amide bonds. The Morgan fingerprint density at radius 2 is 1.83 bits per heavy atom. The molecular weight excluding hydrogens is 336 g/mol. The van der Waals surface area contributed by atoms with Gasteiger partial charge in [0.15, 0.2) is 0 Å². The second-order valence-electron chi connectivity index (χ2n) is 5.80. The summed E-state index contributed by atoms with van der Waals surface area (Å²) in [5, 5.41) is 2.59. The molecule has 9 heteroatoms. The standard InChI is InChI=1S/C15H20N2O6S/c1-9(18)16-10-3-5-11(6-4-10)24(19,20)17-12-7-22-15-13(21-2)8-23-14(12)15/h3-6,12-15,17H,7-8H2,1-2H3,(H,16,18)/t12-,13+,14+,15+/m0/s1. The van der Waals surface area contributed by atoms with Crippen molar-refractivity contribution < 1.29 is 27.4 Å². The number of anilines is 1. The third-order valence-electron chi connectivity index (χ3n) is 4.10. The van der Waals surface area contributed by atoms with E-state index in [1.54, 1.807) is 7.11 Å². The molecule has 0 aromatic heterocycles. The van der Waals surface area contributed by atoms with Crippen LogP contribution in [0.15, 0.2) is 29.2 Å². The lowest BCUT2D eigenvalue weighted by Crippen LogP contribution is -2.44. The van der Waals surface area contributed by atoms with Gasteiger partial charge in [-0.2, -0.15) is 0 Å². The number of carbonyl (C=O) groups excluding carboxylic acids is 1. The van der Waals surface area contributed by atoms with Gasteiger partial charge in [0.1, 0.15) is 18.3 Å². The van der Waals surface area contributed by atoms with Gasteiger partial charge in [-0.25, -0.2) is 13.1 Å². The normalized spacial score (nSPS) is 29.4. The molecule has 2 saturated heterocycles. The van der Waals surface area contributed by atoms with Crippen LogP contribution in [0.4, 0.5) is 5.69 Å². The summed E-state index contributed by atoms with van der Waals surface area (Å²) < 4.78 is 44.2. The summed E-state index contributed by atoms with van der Waals surface area (Å²) in [4.78, 5) is 11.1. The van der Waals surface area contributed by atoms with Gasteiger partial charge in [0, 0.05) is 19.7 Å². The average molecular weight is 356 g/mol. The molecule has 0 bridgehead atoms. The number of sulfonamides is 1. The maximum absolute atomic E-state index is 12.5. The third-order valence-corrected chi connectivity index (χ3v) is 5.61. The van der Waals surface area contributed by atoms with E-state index in [0.29, 0.717) is 12.3 Å². The van der Waals surface area contributed by atoms with Crippen LogP contribution in [-0.2, 0) is 29.0 Å². The predicted molar refractivity (Wildman–Crippen MR) is 85.1 cm³/mol. The maximum Gasteiger partial charge on any atom is 0.240 e. The zero-order valence-corrected chi connectivity index (χ0v) is 14.2. The lowest BCUT2D eigenvalue weighted by Gasteiger charge is -2.17. The number of amides is 1. The van der Waals surface area contributed by atoms with Crippen molar-refractivity contribution in [1.29, 1.82) is 0 Å². The lowest BCUT2D eigenvalue weighted by atomic mass is 10.1. The third kappa shape index (κ3) is 3.45. The van der Waals surface area contributed by atoms with E-state index >= 15 is 0 Å². The minimum absolute atomic E-state index is 0.112. The van der Waals surface area contributed by atoms with Crippen LogP contribution >= 0.6 is 0 Å². The molecule has 8 nitrogen and oxygen atoms in total. The Kier molecular flexibility index (Phi) is 4.88. The predicted octanol–water partition coefficient (Wildman–Crippen LogP) is 0.105. The first-order valence-corrected chi connectivity index (χ1v) is 9.05. The quantitative estimate of drug-likeness (QED) is 0.776. The van der Waals surface area contributed by atoms with Crippen LogP contribution in [0.3, 0.4) is 0 Å². The Morgan fingerprint density at radius 3 is 2.46 bits per heavy atom. The fraction of sp³-hybridized carbons (Fsp3) is 0.533. The monoisotopic (exact) mass is 356 g/mol. The number of methoxy groups -OCH3 is 1. The Bertz CT molecular complexity index is 705. The first-order chi connectivity index (χ1) is 11.4. The van der Waals surface area contributed by atoms with Crippen molar-refractivity contribution in [2.75, 3.05) is 25.6 Å². The number of hydrogen-bond acceptors (Lipinski definition) is 6. The zero-order chi connectivity index (χ0) is 17.3. The van der Waals surface area contributed by atoms with Crippen LogP contribution in [0.1, 0.15) is 6.92 Å². The molecule has 0 unspecified atom stereocenters. The first kappa shape index (κ1) is 17.3. The van der Waals surface area contributed by atoms with Crippen molar-refractivity contribution in [1.82, 2.24) is 4.72 Å². The van der Waals surface area contributed by atoms with Gasteiger partial charge in [-0.05, 0) is 24.3 Å². The fourth-order valence-corrected chi connectivity index (χ4v) is 4.19. The molecule has 3 rings (SSSR count). The summed E-state index contributed by atoms with van der Waals surface area (Å²) in [5.74, 6) is -0.219. The first-order valence-electron chi connectivity index (χ1n) is 7.56. The van der Waals surface area contributed by atoms with Crippen LogP contribution in [0.25, 0.3) is 0 Å². The van der Waals surface area contributed by atoms with Crippen LogP contribution in [0.2, 0.25) is 0 Å². The lowest BCUT2D eigenvalue weighted by molar-refractivity contribution is -0.114. The molecular formula is C15H20N2O6S. The number of ether oxygens (including phenoxy) is 3. The van der Waals surface area contributed by atoms with E-state index in [9.17, 15) is 13.2 Å². The number of hydrogen-bond donors (Lipinski definition) is 2. The van der Waals surface area contributed by atoms with Gasteiger partial charge in [-0.1, -0.05) is 0 Å². The van der Waals surface area contributed by atoms with Crippen molar-refractivity contribution in [3.8, 4) is 0 Å². The Hall–Kier alpha value is -1.52. The van der Waals surface area contributed by atoms with E-state index in [2.05, 4.69) is 10.0 Å². The molecule has 1 aromatic carbocycles. The molecule has 2 fully saturated rings. The molecule has 0 aliphatic carbocycles. The number of fused-ring (bicyclic) bond motifs is 1. The van der Waals surface area contributed by atoms with Gasteiger partial charge in [-0.15, -0.1) is 0 Å². The van der Waals surface area contributed by atoms with Crippen molar-refractivity contribution >= 4 is 21.6 Å². The molecule has 0 radical (unpaired) electrons. The summed E-state index contributed by atoms with van der Waals surface area (Å²) in [5.41, 5.74) is 0.535. The Balaban J connectivity index is 1.69. The van der Waals surface area contributed by atoms with Crippen molar-refractivity contribution in [2.24, 2.45) is 0 Å². The molecule has 1 aromatic rings. The van der Waals surface area contributed by atoms with Gasteiger partial charge in [0.2, 0.25) is 15.9 Å². The number of nitrogens with one attached hydrogen (secondary N) is 2. The van der Waals surface area contributed by atoms with E-state index in [-0.39, 0.29) is 35.7 Å². The topological polar surface area (TPSA) is 103 Å². The summed E-state index contributed by atoms with van der Waals surface area (Å²) >= 11 is 0. The minimum Gasteiger partial charge on any atom is -0.376 e. The van der Waals surface area contributed by atoms with E-state index in [0.717, 1.165) is 0 Å². The molecule has 24 heavy (non-hydrogen) atoms. The number of benzene rings is 1. The van der Waals surface area contributed by atoms with E-state index < -0.39 is 16.1 Å². The molecule has 0 saturated carbocycles. The molecule has 2 N–H and O–H groups in total. The van der Waals surface area contributed by atoms with E-state index in [4.69, 9.17) is 14.2 Å².